The van der Waals surface area contributed by atoms with Crippen LogP contribution in [0.2, 0.25) is 0 Å². The number of hydrogen-bond acceptors (Lipinski definition) is 5. The monoisotopic (exact) mass is 342 g/mol. The fourth-order valence-electron chi connectivity index (χ4n) is 1.87. The van der Waals surface area contributed by atoms with Gasteiger partial charge in [0.05, 0.1) is 0 Å². The zero-order valence-corrected chi connectivity index (χ0v) is 12.8. The zero-order chi connectivity index (χ0) is 16.0. The highest BCUT2D eigenvalue weighted by atomic mass is 32.2. The maximum Gasteiger partial charge on any atom is 0.402 e. The Morgan fingerprint density at radius 1 is 1.48 bits per heavy atom. The number of sulfonamides is 1. The fourth-order valence-corrected chi connectivity index (χ4v) is 4.45. The Labute approximate surface area is 123 Å². The number of rotatable bonds is 4. The Morgan fingerprint density at radius 3 is 2.62 bits per heavy atom. The van der Waals surface area contributed by atoms with Crippen LogP contribution in [0.4, 0.5) is 19.0 Å². The molecule has 0 radical (unpaired) electrons. The number of alkyl halides is 3. The lowest BCUT2D eigenvalue weighted by Crippen LogP contribution is -2.43. The number of imidazole rings is 1. The van der Waals surface area contributed by atoms with Crippen molar-refractivity contribution in [2.75, 3.05) is 12.3 Å². The lowest BCUT2D eigenvalue weighted by molar-refractivity contribution is -0.138. The van der Waals surface area contributed by atoms with E-state index in [4.69, 9.17) is 5.73 Å². The normalized spacial score (nSPS) is 13.7. The van der Waals surface area contributed by atoms with Gasteiger partial charge in [-0.3, -0.25) is 4.40 Å². The average molecular weight is 342 g/mol. The molecule has 11 heteroatoms. The van der Waals surface area contributed by atoms with Crippen LogP contribution in [0, 0.1) is 0 Å². The van der Waals surface area contributed by atoms with Gasteiger partial charge in [-0.25, -0.2) is 13.4 Å². The first-order valence-electron chi connectivity index (χ1n) is 5.83. The van der Waals surface area contributed by atoms with Crippen LogP contribution in [0.3, 0.4) is 0 Å². The molecule has 0 saturated heterocycles. The van der Waals surface area contributed by atoms with Gasteiger partial charge in [0.1, 0.15) is 6.54 Å². The second-order valence-electron chi connectivity index (χ2n) is 4.62. The zero-order valence-electron chi connectivity index (χ0n) is 11.1. The summed E-state index contributed by atoms with van der Waals surface area (Å²) in [4.78, 5) is 4.16. The van der Waals surface area contributed by atoms with E-state index in [0.29, 0.717) is 9.27 Å². The summed E-state index contributed by atoms with van der Waals surface area (Å²) in [5.41, 5.74) is 5.57. The molecule has 21 heavy (non-hydrogen) atoms. The molecule has 0 aliphatic heterocycles. The molecular formula is C10H13F3N4O2S2. The van der Waals surface area contributed by atoms with E-state index in [1.807, 2.05) is 0 Å². The van der Waals surface area contributed by atoms with Crippen LogP contribution >= 0.6 is 11.3 Å². The van der Waals surface area contributed by atoms with Crippen molar-refractivity contribution in [3.05, 3.63) is 11.6 Å². The molecule has 2 heterocycles. The fraction of sp³-hybridized carbons (Fsp3) is 0.500. The molecule has 0 aliphatic carbocycles. The van der Waals surface area contributed by atoms with Crippen molar-refractivity contribution in [3.8, 4) is 0 Å². The third-order valence-electron chi connectivity index (χ3n) is 2.71. The van der Waals surface area contributed by atoms with Crippen molar-refractivity contribution in [1.82, 2.24) is 13.7 Å². The first-order chi connectivity index (χ1) is 9.54. The highest BCUT2D eigenvalue weighted by molar-refractivity contribution is 7.89. The number of halogens is 3. The summed E-state index contributed by atoms with van der Waals surface area (Å²) in [7, 11) is -4.42. The lowest BCUT2D eigenvalue weighted by Gasteiger charge is -2.26. The highest BCUT2D eigenvalue weighted by Crippen LogP contribution is 2.29. The third kappa shape index (κ3) is 2.99. The van der Waals surface area contributed by atoms with Gasteiger partial charge in [0.15, 0.2) is 15.8 Å². The number of anilines is 1. The number of nitrogens with zero attached hydrogens (tertiary/aromatic N) is 3. The smallest absolute Gasteiger partial charge is 0.381 e. The van der Waals surface area contributed by atoms with Gasteiger partial charge in [0.2, 0.25) is 0 Å². The molecule has 6 nitrogen and oxygen atoms in total. The molecule has 0 atom stereocenters. The van der Waals surface area contributed by atoms with Crippen molar-refractivity contribution < 1.29 is 21.6 Å². The molecule has 0 aromatic carbocycles. The Morgan fingerprint density at radius 2 is 2.10 bits per heavy atom. The van der Waals surface area contributed by atoms with E-state index in [1.54, 1.807) is 5.38 Å². The van der Waals surface area contributed by atoms with Crippen molar-refractivity contribution in [3.63, 3.8) is 0 Å². The predicted octanol–water partition coefficient (Wildman–Crippen LogP) is 1.94. The van der Waals surface area contributed by atoms with Gasteiger partial charge in [0, 0.05) is 17.6 Å². The predicted molar refractivity (Wildman–Crippen MR) is 72.6 cm³/mol. The van der Waals surface area contributed by atoms with E-state index < -0.39 is 33.8 Å². The van der Waals surface area contributed by atoms with Crippen LogP contribution in [0.5, 0.6) is 0 Å². The first kappa shape index (κ1) is 16.0. The average Bonchev–Trinajstić information content (AvgIpc) is 2.83. The Hall–Kier alpha value is -1.33. The second-order valence-corrected chi connectivity index (χ2v) is 7.30. The van der Waals surface area contributed by atoms with Crippen LogP contribution in [0.1, 0.15) is 13.8 Å². The molecule has 2 N–H and O–H groups in total. The van der Waals surface area contributed by atoms with Crippen LogP contribution < -0.4 is 5.73 Å². The van der Waals surface area contributed by atoms with Crippen molar-refractivity contribution >= 4 is 32.1 Å². The summed E-state index contributed by atoms with van der Waals surface area (Å²) in [6.45, 7) is 1.15. The number of nitrogens with two attached hydrogens (primary N) is 1. The summed E-state index contributed by atoms with van der Waals surface area (Å²) < 4.78 is 64.5. The molecule has 0 aliphatic rings. The first-order valence-corrected chi connectivity index (χ1v) is 8.15. The van der Waals surface area contributed by atoms with Crippen LogP contribution in [0.15, 0.2) is 16.6 Å². The number of aromatic nitrogens is 2. The highest BCUT2D eigenvalue weighted by Gasteiger charge is 2.40. The largest absolute Gasteiger partial charge is 0.402 e. The molecule has 0 spiro atoms. The van der Waals surface area contributed by atoms with E-state index in [2.05, 4.69) is 4.98 Å². The van der Waals surface area contributed by atoms with Gasteiger partial charge in [0.25, 0.3) is 10.0 Å². The van der Waals surface area contributed by atoms with E-state index in [-0.39, 0.29) is 5.82 Å². The number of hydrogen-bond donors (Lipinski definition) is 1. The van der Waals surface area contributed by atoms with Crippen LogP contribution in [-0.4, -0.2) is 40.9 Å². The summed E-state index contributed by atoms with van der Waals surface area (Å²) >= 11 is 1.14. The van der Waals surface area contributed by atoms with Gasteiger partial charge in [-0.15, -0.1) is 11.3 Å². The molecule has 2 aromatic heterocycles. The van der Waals surface area contributed by atoms with E-state index in [9.17, 15) is 21.6 Å². The van der Waals surface area contributed by atoms with Gasteiger partial charge < -0.3 is 5.73 Å². The van der Waals surface area contributed by atoms with E-state index >= 15 is 0 Å². The van der Waals surface area contributed by atoms with Crippen molar-refractivity contribution in [2.45, 2.75) is 31.1 Å². The maximum atomic E-state index is 12.6. The molecule has 0 amide bonds. The van der Waals surface area contributed by atoms with Gasteiger partial charge >= 0.3 is 6.18 Å². The minimum absolute atomic E-state index is 0.307. The van der Waals surface area contributed by atoms with Crippen molar-refractivity contribution in [1.29, 1.82) is 0 Å². The molecule has 0 unspecified atom stereocenters. The van der Waals surface area contributed by atoms with E-state index in [0.717, 1.165) is 11.3 Å². The maximum absolute atomic E-state index is 12.6. The summed E-state index contributed by atoms with van der Waals surface area (Å²) in [6, 6.07) is -0.875. The SMILES string of the molecule is CC(C)N(CC(F)(F)F)S(=O)(=O)c1c(N)nc2sccn12. The van der Waals surface area contributed by atoms with E-state index in [1.165, 1.54) is 24.4 Å². The minimum atomic E-state index is -4.65. The van der Waals surface area contributed by atoms with Gasteiger partial charge in [-0.2, -0.15) is 17.5 Å². The van der Waals surface area contributed by atoms with Gasteiger partial charge in [-0.1, -0.05) is 0 Å². The Balaban J connectivity index is 2.58. The summed E-state index contributed by atoms with van der Waals surface area (Å²) in [5.74, 6) is -0.310. The topological polar surface area (TPSA) is 80.7 Å². The summed E-state index contributed by atoms with van der Waals surface area (Å²) in [5, 5.41) is 1.14. The quantitative estimate of drug-likeness (QED) is 0.921. The van der Waals surface area contributed by atoms with Crippen LogP contribution in [-0.2, 0) is 10.0 Å². The van der Waals surface area contributed by atoms with Crippen molar-refractivity contribution in [2.24, 2.45) is 0 Å². The molecule has 0 fully saturated rings. The molecule has 118 valence electrons. The molecule has 0 bridgehead atoms. The second kappa shape index (κ2) is 5.14. The van der Waals surface area contributed by atoms with Crippen LogP contribution in [0.25, 0.3) is 4.96 Å². The number of fused-ring (bicyclic) bond motifs is 1. The molecular weight excluding hydrogens is 329 g/mol. The molecule has 2 aromatic rings. The molecule has 0 saturated carbocycles. The number of thiazole rings is 1. The number of nitrogen functional groups attached to an aromatic ring is 1. The summed E-state index contributed by atoms with van der Waals surface area (Å²) in [6.07, 6.45) is -3.24. The molecule has 2 rings (SSSR count). The Kier molecular flexibility index (Phi) is 3.93. The van der Waals surface area contributed by atoms with Gasteiger partial charge in [-0.05, 0) is 13.8 Å². The Bertz CT molecular complexity index is 748. The lowest BCUT2D eigenvalue weighted by atomic mass is 10.4. The standard InChI is InChI=1S/C10H13F3N4O2S2/c1-6(2)17(5-10(11,12)13)21(18,19)8-7(14)15-9-16(8)3-4-20-9/h3-4,6H,5,14H2,1-2H3. The minimum Gasteiger partial charge on any atom is -0.381 e. The third-order valence-corrected chi connectivity index (χ3v) is 5.53.